The molecule has 1 amide bonds. The molecule has 1 N–H and O–H groups in total. The molecule has 21 heavy (non-hydrogen) atoms. The molecule has 0 atom stereocenters. The first-order valence-electron chi connectivity index (χ1n) is 6.67. The molecule has 116 valence electrons. The summed E-state index contributed by atoms with van der Waals surface area (Å²) in [5.74, 6) is -1.24. The summed E-state index contributed by atoms with van der Waals surface area (Å²) in [6.07, 6.45) is -0.609. The van der Waals surface area contributed by atoms with E-state index in [1.54, 1.807) is 6.07 Å². The molecule has 0 aromatic heterocycles. The zero-order chi connectivity index (χ0) is 15.8. The SMILES string of the molecule is CC1(C)OC(c2ccc(F)c(NC(=O)CCl)c2)OC1(C)C. The molecule has 1 saturated heterocycles. The van der Waals surface area contributed by atoms with Gasteiger partial charge in [0.25, 0.3) is 0 Å². The molecule has 1 aliphatic heterocycles. The van der Waals surface area contributed by atoms with E-state index in [4.69, 9.17) is 21.1 Å². The quantitative estimate of drug-likeness (QED) is 0.867. The highest BCUT2D eigenvalue weighted by molar-refractivity contribution is 6.29. The van der Waals surface area contributed by atoms with Crippen LogP contribution in [0.4, 0.5) is 10.1 Å². The van der Waals surface area contributed by atoms with Crippen LogP contribution in [0.25, 0.3) is 0 Å². The second kappa shape index (κ2) is 5.55. The van der Waals surface area contributed by atoms with Gasteiger partial charge in [0, 0.05) is 5.56 Å². The highest BCUT2D eigenvalue weighted by atomic mass is 35.5. The van der Waals surface area contributed by atoms with Crippen LogP contribution in [0.15, 0.2) is 18.2 Å². The van der Waals surface area contributed by atoms with Gasteiger partial charge in [-0.3, -0.25) is 4.79 Å². The van der Waals surface area contributed by atoms with E-state index in [-0.39, 0.29) is 11.6 Å². The number of hydrogen-bond acceptors (Lipinski definition) is 3. The van der Waals surface area contributed by atoms with Crippen LogP contribution < -0.4 is 5.32 Å². The Morgan fingerprint density at radius 3 is 2.38 bits per heavy atom. The van der Waals surface area contributed by atoms with Crippen molar-refractivity contribution < 1.29 is 18.7 Å². The minimum Gasteiger partial charge on any atom is -0.339 e. The third-order valence-corrected chi connectivity index (χ3v) is 4.15. The van der Waals surface area contributed by atoms with E-state index in [0.717, 1.165) is 0 Å². The van der Waals surface area contributed by atoms with Gasteiger partial charge in [-0.1, -0.05) is 6.07 Å². The summed E-state index contributed by atoms with van der Waals surface area (Å²) in [6, 6.07) is 4.35. The molecule has 4 nitrogen and oxygen atoms in total. The molecule has 1 fully saturated rings. The lowest BCUT2D eigenvalue weighted by Gasteiger charge is -2.30. The predicted octanol–water partition coefficient (Wildman–Crippen LogP) is 3.61. The molecule has 1 aliphatic rings. The summed E-state index contributed by atoms with van der Waals surface area (Å²) in [6.45, 7) is 7.75. The van der Waals surface area contributed by atoms with E-state index < -0.39 is 29.2 Å². The van der Waals surface area contributed by atoms with E-state index in [1.165, 1.54) is 12.1 Å². The largest absolute Gasteiger partial charge is 0.339 e. The van der Waals surface area contributed by atoms with Crippen LogP contribution in [0.1, 0.15) is 39.5 Å². The molecule has 1 aromatic carbocycles. The fourth-order valence-electron chi connectivity index (χ4n) is 1.95. The molecule has 1 aromatic rings. The first kappa shape index (κ1) is 16.2. The number of carbonyl (C=O) groups is 1. The Morgan fingerprint density at radius 2 is 1.86 bits per heavy atom. The maximum Gasteiger partial charge on any atom is 0.239 e. The maximum atomic E-state index is 13.7. The lowest BCUT2D eigenvalue weighted by molar-refractivity contribution is -0.114. The van der Waals surface area contributed by atoms with Crippen molar-refractivity contribution in [3.05, 3.63) is 29.6 Å². The molecule has 0 unspecified atom stereocenters. The van der Waals surface area contributed by atoms with Gasteiger partial charge < -0.3 is 14.8 Å². The zero-order valence-electron chi connectivity index (χ0n) is 12.5. The fourth-order valence-corrected chi connectivity index (χ4v) is 2.01. The first-order chi connectivity index (χ1) is 9.66. The first-order valence-corrected chi connectivity index (χ1v) is 7.20. The van der Waals surface area contributed by atoms with Gasteiger partial charge in [-0.25, -0.2) is 4.39 Å². The molecule has 2 rings (SSSR count). The van der Waals surface area contributed by atoms with Crippen LogP contribution >= 0.6 is 11.6 Å². The smallest absolute Gasteiger partial charge is 0.239 e. The Balaban J connectivity index is 2.26. The summed E-state index contributed by atoms with van der Waals surface area (Å²) in [7, 11) is 0. The van der Waals surface area contributed by atoms with Gasteiger partial charge in [-0.15, -0.1) is 11.6 Å². The van der Waals surface area contributed by atoms with Gasteiger partial charge >= 0.3 is 0 Å². The molecule has 0 saturated carbocycles. The third-order valence-electron chi connectivity index (χ3n) is 3.91. The second-order valence-electron chi connectivity index (χ2n) is 6.01. The molecular weight excluding hydrogens is 297 g/mol. The van der Waals surface area contributed by atoms with Crippen molar-refractivity contribution in [2.24, 2.45) is 0 Å². The Bertz CT molecular complexity index is 544. The van der Waals surface area contributed by atoms with Crippen molar-refractivity contribution in [1.82, 2.24) is 0 Å². The van der Waals surface area contributed by atoms with Crippen molar-refractivity contribution in [3.63, 3.8) is 0 Å². The van der Waals surface area contributed by atoms with E-state index in [9.17, 15) is 9.18 Å². The van der Waals surface area contributed by atoms with Gasteiger partial charge in [0.05, 0.1) is 16.9 Å². The van der Waals surface area contributed by atoms with Gasteiger partial charge in [0.2, 0.25) is 5.91 Å². The maximum absolute atomic E-state index is 13.7. The van der Waals surface area contributed by atoms with E-state index >= 15 is 0 Å². The molecule has 0 radical (unpaired) electrons. The Kier molecular flexibility index (Phi) is 4.29. The number of nitrogens with one attached hydrogen (secondary N) is 1. The van der Waals surface area contributed by atoms with Crippen molar-refractivity contribution in [2.75, 3.05) is 11.2 Å². The van der Waals surface area contributed by atoms with Crippen LogP contribution in [0.3, 0.4) is 0 Å². The van der Waals surface area contributed by atoms with Crippen molar-refractivity contribution in [1.29, 1.82) is 0 Å². The lowest BCUT2D eigenvalue weighted by Crippen LogP contribution is -2.41. The molecule has 0 spiro atoms. The van der Waals surface area contributed by atoms with E-state index in [0.29, 0.717) is 5.56 Å². The summed E-state index contributed by atoms with van der Waals surface area (Å²) in [4.78, 5) is 11.3. The monoisotopic (exact) mass is 315 g/mol. The zero-order valence-corrected chi connectivity index (χ0v) is 13.3. The number of halogens is 2. The number of carbonyl (C=O) groups excluding carboxylic acids is 1. The molecular formula is C15H19ClFNO3. The summed E-state index contributed by atoms with van der Waals surface area (Å²) < 4.78 is 25.5. The Hall–Kier alpha value is -1.17. The van der Waals surface area contributed by atoms with Crippen molar-refractivity contribution in [3.8, 4) is 0 Å². The molecule has 0 bridgehead atoms. The number of alkyl halides is 1. The number of ether oxygens (including phenoxy) is 2. The third kappa shape index (κ3) is 3.20. The van der Waals surface area contributed by atoms with Gasteiger partial charge in [-0.2, -0.15) is 0 Å². The van der Waals surface area contributed by atoms with Crippen LogP contribution in [0.5, 0.6) is 0 Å². The van der Waals surface area contributed by atoms with Crippen LogP contribution in [0.2, 0.25) is 0 Å². The average Bonchev–Trinajstić information content (AvgIpc) is 2.61. The van der Waals surface area contributed by atoms with Crippen molar-refractivity contribution >= 4 is 23.2 Å². The number of hydrogen-bond donors (Lipinski definition) is 1. The van der Waals surface area contributed by atoms with Gasteiger partial charge in [0.1, 0.15) is 11.7 Å². The normalized spacial score (nSPS) is 20.5. The van der Waals surface area contributed by atoms with Crippen LogP contribution in [-0.4, -0.2) is 23.0 Å². The highest BCUT2D eigenvalue weighted by Gasteiger charge is 2.49. The number of benzene rings is 1. The average molecular weight is 316 g/mol. The minimum absolute atomic E-state index is 0.0628. The molecule has 0 aliphatic carbocycles. The standard InChI is InChI=1S/C15H19ClFNO3/c1-14(2)15(3,4)21-13(20-14)9-5-6-10(17)11(7-9)18-12(19)8-16/h5-7,13H,8H2,1-4H3,(H,18,19). The number of anilines is 1. The van der Waals surface area contributed by atoms with Crippen LogP contribution in [0, 0.1) is 5.82 Å². The van der Waals surface area contributed by atoms with Gasteiger partial charge in [-0.05, 0) is 39.8 Å². The molecule has 1 heterocycles. The lowest BCUT2D eigenvalue weighted by atomic mass is 9.90. The Labute approximate surface area is 128 Å². The Morgan fingerprint density at radius 1 is 1.29 bits per heavy atom. The van der Waals surface area contributed by atoms with E-state index in [1.807, 2.05) is 27.7 Å². The van der Waals surface area contributed by atoms with E-state index in [2.05, 4.69) is 5.32 Å². The minimum atomic E-state index is -0.609. The predicted molar refractivity (Wildman–Crippen MR) is 78.8 cm³/mol. The topological polar surface area (TPSA) is 47.6 Å². The van der Waals surface area contributed by atoms with Gasteiger partial charge in [0.15, 0.2) is 6.29 Å². The highest BCUT2D eigenvalue weighted by Crippen LogP contribution is 2.45. The molecule has 6 heteroatoms. The van der Waals surface area contributed by atoms with Crippen LogP contribution in [-0.2, 0) is 14.3 Å². The number of rotatable bonds is 3. The summed E-state index contributed by atoms with van der Waals surface area (Å²) in [5.41, 5.74) is -0.259. The second-order valence-corrected chi connectivity index (χ2v) is 6.28. The summed E-state index contributed by atoms with van der Waals surface area (Å²) in [5, 5.41) is 2.41. The number of amides is 1. The summed E-state index contributed by atoms with van der Waals surface area (Å²) >= 11 is 5.41. The fraction of sp³-hybridized carbons (Fsp3) is 0.533. The van der Waals surface area contributed by atoms with Crippen molar-refractivity contribution in [2.45, 2.75) is 45.2 Å².